The first-order valence-electron chi connectivity index (χ1n) is 6.78. The smallest absolute Gasteiger partial charge is 0.310 e. The van der Waals surface area contributed by atoms with E-state index in [0.717, 1.165) is 17.8 Å². The van der Waals surface area contributed by atoms with Gasteiger partial charge in [-0.25, -0.2) is 9.97 Å². The minimum atomic E-state index is -4.71. The number of H-pyrrole nitrogens is 1. The van der Waals surface area contributed by atoms with Gasteiger partial charge in [-0.15, -0.1) is 11.3 Å². The summed E-state index contributed by atoms with van der Waals surface area (Å²) in [6.45, 7) is 0. The van der Waals surface area contributed by atoms with E-state index in [2.05, 4.69) is 15.0 Å². The van der Waals surface area contributed by atoms with Crippen molar-refractivity contribution in [3.63, 3.8) is 0 Å². The molecule has 0 saturated heterocycles. The maximum atomic E-state index is 12.6. The third-order valence-corrected chi connectivity index (χ3v) is 5.45. The van der Waals surface area contributed by atoms with Gasteiger partial charge in [-0.05, 0) is 12.8 Å². The van der Waals surface area contributed by atoms with Crippen molar-refractivity contribution in [2.75, 3.05) is 0 Å². The van der Waals surface area contributed by atoms with Crippen molar-refractivity contribution < 1.29 is 17.4 Å². The molecule has 10 heteroatoms. The van der Waals surface area contributed by atoms with Crippen molar-refractivity contribution in [2.24, 2.45) is 0 Å². The van der Waals surface area contributed by atoms with Gasteiger partial charge in [-0.2, -0.15) is 13.2 Å². The highest BCUT2D eigenvalue weighted by Crippen LogP contribution is 2.41. The lowest BCUT2D eigenvalue weighted by molar-refractivity contribution is -0.141. The fraction of sp³-hybridized carbons (Fsp3) is 0.462. The quantitative estimate of drug-likeness (QED) is 0.886. The van der Waals surface area contributed by atoms with Crippen LogP contribution in [0.4, 0.5) is 13.2 Å². The molecular formula is C13H12F3N3O2S2. The summed E-state index contributed by atoms with van der Waals surface area (Å²) in [6.07, 6.45) is -2.48. The molecule has 0 spiro atoms. The first-order chi connectivity index (χ1) is 10.8. The van der Waals surface area contributed by atoms with Crippen LogP contribution in [0, 0.1) is 0 Å². The topological polar surface area (TPSA) is 75.7 Å². The molecule has 5 nitrogen and oxygen atoms in total. The second-order valence-electron chi connectivity index (χ2n) is 5.25. The fourth-order valence-corrected chi connectivity index (χ4v) is 4.11. The SMILES string of the molecule is O=c1cc(C(F)(F)F)nc(C[S@](=O)Cc2csc(C3CC3)n2)[nH]1. The summed E-state index contributed by atoms with van der Waals surface area (Å²) in [5, 5.41) is 2.83. The van der Waals surface area contributed by atoms with Crippen LogP contribution in [0.3, 0.4) is 0 Å². The van der Waals surface area contributed by atoms with Crippen molar-refractivity contribution in [1.82, 2.24) is 15.0 Å². The molecule has 1 saturated carbocycles. The maximum absolute atomic E-state index is 12.6. The second kappa shape index (κ2) is 6.16. The fourth-order valence-electron chi connectivity index (χ4n) is 2.00. The molecule has 0 bridgehead atoms. The van der Waals surface area contributed by atoms with Crippen LogP contribution in [0.15, 0.2) is 16.2 Å². The second-order valence-corrected chi connectivity index (χ2v) is 7.60. The monoisotopic (exact) mass is 363 g/mol. The molecule has 3 rings (SSSR count). The predicted molar refractivity (Wildman–Crippen MR) is 79.5 cm³/mol. The lowest BCUT2D eigenvalue weighted by atomic mass is 10.4. The average Bonchev–Trinajstić information content (AvgIpc) is 3.18. The van der Waals surface area contributed by atoms with Crippen LogP contribution in [-0.4, -0.2) is 19.2 Å². The zero-order chi connectivity index (χ0) is 16.6. The third kappa shape index (κ3) is 4.25. The maximum Gasteiger partial charge on any atom is 0.433 e. The summed E-state index contributed by atoms with van der Waals surface area (Å²) < 4.78 is 49.9. The van der Waals surface area contributed by atoms with E-state index < -0.39 is 28.2 Å². The highest BCUT2D eigenvalue weighted by atomic mass is 32.2. The van der Waals surface area contributed by atoms with Crippen LogP contribution in [-0.2, 0) is 28.5 Å². The standard InChI is InChI=1S/C13H12F3N3O2S2/c14-13(15,16)9-3-11(20)19-10(18-9)6-23(21)5-8-4-22-12(17-8)7-1-2-7/h3-4,7H,1-2,5-6H2,(H,18,19,20)/t23-/m1/s1. The zero-order valence-corrected chi connectivity index (χ0v) is 13.4. The Bertz CT molecular complexity index is 796. The van der Waals surface area contributed by atoms with E-state index in [1.165, 1.54) is 11.3 Å². The van der Waals surface area contributed by atoms with Gasteiger partial charge in [-0.3, -0.25) is 9.00 Å². The molecule has 0 aromatic carbocycles. The molecule has 124 valence electrons. The summed E-state index contributed by atoms with van der Waals surface area (Å²) in [5.74, 6) is 0.142. The van der Waals surface area contributed by atoms with E-state index in [4.69, 9.17) is 0 Å². The zero-order valence-electron chi connectivity index (χ0n) is 11.7. The predicted octanol–water partition coefficient (Wildman–Crippen LogP) is 2.57. The summed E-state index contributed by atoms with van der Waals surface area (Å²) >= 11 is 1.51. The molecule has 23 heavy (non-hydrogen) atoms. The molecule has 1 aliphatic carbocycles. The highest BCUT2D eigenvalue weighted by Gasteiger charge is 2.33. The van der Waals surface area contributed by atoms with E-state index in [1.54, 1.807) is 0 Å². The van der Waals surface area contributed by atoms with Crippen molar-refractivity contribution >= 4 is 22.1 Å². The van der Waals surface area contributed by atoms with Crippen LogP contribution >= 0.6 is 11.3 Å². The van der Waals surface area contributed by atoms with Crippen LogP contribution in [0.2, 0.25) is 0 Å². The van der Waals surface area contributed by atoms with E-state index in [1.807, 2.05) is 5.38 Å². The summed E-state index contributed by atoms with van der Waals surface area (Å²) in [6, 6.07) is 0.384. The first-order valence-corrected chi connectivity index (χ1v) is 9.15. The Morgan fingerprint density at radius 3 is 2.70 bits per heavy atom. The van der Waals surface area contributed by atoms with Crippen LogP contribution < -0.4 is 5.56 Å². The number of halogens is 3. The van der Waals surface area contributed by atoms with Gasteiger partial charge in [0.25, 0.3) is 5.56 Å². The number of hydrogen-bond donors (Lipinski definition) is 1. The van der Waals surface area contributed by atoms with Crippen molar-refractivity contribution in [3.8, 4) is 0 Å². The summed E-state index contributed by atoms with van der Waals surface area (Å²) in [5.41, 5.74) is -1.54. The Morgan fingerprint density at radius 1 is 1.30 bits per heavy atom. The molecular weight excluding hydrogens is 351 g/mol. The molecule has 0 radical (unpaired) electrons. The van der Waals surface area contributed by atoms with Gasteiger partial charge in [0, 0.05) is 28.2 Å². The molecule has 1 atom stereocenters. The van der Waals surface area contributed by atoms with Gasteiger partial charge in [0.2, 0.25) is 0 Å². The Morgan fingerprint density at radius 2 is 2.04 bits per heavy atom. The number of alkyl halides is 3. The molecule has 0 amide bonds. The minimum Gasteiger partial charge on any atom is -0.310 e. The molecule has 1 N–H and O–H groups in total. The summed E-state index contributed by atoms with van der Waals surface area (Å²) in [7, 11) is -1.50. The Hall–Kier alpha value is -1.55. The largest absolute Gasteiger partial charge is 0.433 e. The van der Waals surface area contributed by atoms with Gasteiger partial charge < -0.3 is 4.98 Å². The third-order valence-electron chi connectivity index (χ3n) is 3.18. The number of rotatable bonds is 5. The Labute approximate surface area is 135 Å². The number of aromatic nitrogens is 3. The van der Waals surface area contributed by atoms with Crippen LogP contribution in [0.5, 0.6) is 0 Å². The molecule has 2 heterocycles. The van der Waals surface area contributed by atoms with Crippen molar-refractivity contribution in [1.29, 1.82) is 0 Å². The number of hydrogen-bond acceptors (Lipinski definition) is 5. The molecule has 0 unspecified atom stereocenters. The van der Waals surface area contributed by atoms with E-state index >= 15 is 0 Å². The highest BCUT2D eigenvalue weighted by molar-refractivity contribution is 7.83. The van der Waals surface area contributed by atoms with Gasteiger partial charge in [0.05, 0.1) is 22.2 Å². The molecule has 0 aliphatic heterocycles. The molecule has 2 aromatic rings. The molecule has 2 aromatic heterocycles. The van der Waals surface area contributed by atoms with Crippen LogP contribution in [0.1, 0.15) is 41.0 Å². The first kappa shape index (κ1) is 16.3. The average molecular weight is 363 g/mol. The lowest BCUT2D eigenvalue weighted by Gasteiger charge is -2.07. The minimum absolute atomic E-state index is 0.128. The number of aromatic amines is 1. The lowest BCUT2D eigenvalue weighted by Crippen LogP contribution is -2.19. The molecule has 1 fully saturated rings. The van der Waals surface area contributed by atoms with Crippen LogP contribution in [0.25, 0.3) is 0 Å². The summed E-state index contributed by atoms with van der Waals surface area (Å²) in [4.78, 5) is 21.2. The van der Waals surface area contributed by atoms with Crippen molar-refractivity contribution in [2.45, 2.75) is 36.4 Å². The van der Waals surface area contributed by atoms with E-state index in [-0.39, 0.29) is 17.3 Å². The van der Waals surface area contributed by atoms with Gasteiger partial charge in [0.15, 0.2) is 5.69 Å². The van der Waals surface area contributed by atoms with E-state index in [0.29, 0.717) is 17.7 Å². The van der Waals surface area contributed by atoms with Gasteiger partial charge >= 0.3 is 6.18 Å². The number of thiazole rings is 1. The Balaban J connectivity index is 1.69. The van der Waals surface area contributed by atoms with Crippen molar-refractivity contribution in [3.05, 3.63) is 44.0 Å². The van der Waals surface area contributed by atoms with Gasteiger partial charge in [0.1, 0.15) is 5.82 Å². The number of nitrogens with one attached hydrogen (secondary N) is 1. The Kier molecular flexibility index (Phi) is 4.37. The number of nitrogens with zero attached hydrogens (tertiary/aromatic N) is 2. The van der Waals surface area contributed by atoms with Gasteiger partial charge in [-0.1, -0.05) is 0 Å². The molecule has 1 aliphatic rings. The van der Waals surface area contributed by atoms with E-state index in [9.17, 15) is 22.2 Å². The normalized spacial score (nSPS) is 16.5.